The lowest BCUT2D eigenvalue weighted by Crippen LogP contribution is -2.06. The molecule has 1 aromatic rings. The topological polar surface area (TPSA) is 54.7 Å². The van der Waals surface area contributed by atoms with E-state index in [9.17, 15) is 0 Å². The number of nitrogens with one attached hydrogen (secondary N) is 1. The molecule has 0 bridgehead atoms. The third-order valence-electron chi connectivity index (χ3n) is 1.15. The molecule has 0 aromatic carbocycles. The van der Waals surface area contributed by atoms with Gasteiger partial charge in [0.15, 0.2) is 0 Å². The number of H-pyrrole nitrogens is 1. The summed E-state index contributed by atoms with van der Waals surface area (Å²) in [6.07, 6.45) is 1.78. The molecular formula is C6H11N3. The van der Waals surface area contributed by atoms with Gasteiger partial charge in [0.05, 0.1) is 6.04 Å². The molecule has 0 saturated heterocycles. The molecule has 1 rings (SSSR count). The average Bonchev–Trinajstić information content (AvgIpc) is 2.14. The summed E-state index contributed by atoms with van der Waals surface area (Å²) in [5.41, 5.74) is 6.59. The van der Waals surface area contributed by atoms with Gasteiger partial charge in [-0.1, -0.05) is 0 Å². The normalized spacial score (nSPS) is 13.7. The Hall–Kier alpha value is -0.830. The molecule has 0 aliphatic heterocycles. The van der Waals surface area contributed by atoms with E-state index in [-0.39, 0.29) is 6.04 Å². The minimum Gasteiger partial charge on any atom is -0.345 e. The lowest BCUT2D eigenvalue weighted by atomic mass is 10.3. The maximum Gasteiger partial charge on any atom is 0.122 e. The number of rotatable bonds is 1. The molecule has 9 heavy (non-hydrogen) atoms. The lowest BCUT2D eigenvalue weighted by Gasteiger charge is -1.96. The van der Waals surface area contributed by atoms with E-state index >= 15 is 0 Å². The number of imidazole rings is 1. The van der Waals surface area contributed by atoms with Gasteiger partial charge < -0.3 is 10.7 Å². The third kappa shape index (κ3) is 1.29. The Morgan fingerprint density at radius 1 is 1.78 bits per heavy atom. The molecule has 0 radical (unpaired) electrons. The van der Waals surface area contributed by atoms with Gasteiger partial charge in [-0.3, -0.25) is 0 Å². The molecule has 0 fully saturated rings. The van der Waals surface area contributed by atoms with Gasteiger partial charge in [-0.2, -0.15) is 0 Å². The van der Waals surface area contributed by atoms with Crippen molar-refractivity contribution in [2.45, 2.75) is 19.9 Å². The van der Waals surface area contributed by atoms with E-state index in [0.717, 1.165) is 11.5 Å². The van der Waals surface area contributed by atoms with Crippen molar-refractivity contribution in [2.75, 3.05) is 0 Å². The third-order valence-corrected chi connectivity index (χ3v) is 1.15. The Kier molecular flexibility index (Phi) is 1.53. The molecule has 0 saturated carbocycles. The van der Waals surface area contributed by atoms with Crippen LogP contribution in [0.25, 0.3) is 0 Å². The van der Waals surface area contributed by atoms with Gasteiger partial charge in [0.25, 0.3) is 0 Å². The van der Waals surface area contributed by atoms with Gasteiger partial charge in [0.2, 0.25) is 0 Å². The zero-order valence-corrected chi connectivity index (χ0v) is 5.68. The zero-order valence-electron chi connectivity index (χ0n) is 5.68. The van der Waals surface area contributed by atoms with Crippen molar-refractivity contribution in [3.05, 3.63) is 17.7 Å². The summed E-state index contributed by atoms with van der Waals surface area (Å²) in [7, 11) is 0. The van der Waals surface area contributed by atoms with Gasteiger partial charge in [-0.25, -0.2) is 4.98 Å². The molecule has 1 heterocycles. The highest BCUT2D eigenvalue weighted by Crippen LogP contribution is 2.02. The monoisotopic (exact) mass is 125 g/mol. The minimum atomic E-state index is 0.0127. The SMILES string of the molecule is Cc1cnc([C@@H](C)N)[nH]1. The van der Waals surface area contributed by atoms with E-state index < -0.39 is 0 Å². The summed E-state index contributed by atoms with van der Waals surface area (Å²) in [6, 6.07) is 0.0127. The molecule has 0 aliphatic carbocycles. The number of hydrogen-bond acceptors (Lipinski definition) is 2. The molecule has 3 nitrogen and oxygen atoms in total. The van der Waals surface area contributed by atoms with Crippen LogP contribution in [-0.4, -0.2) is 9.97 Å². The van der Waals surface area contributed by atoms with Crippen molar-refractivity contribution in [2.24, 2.45) is 5.73 Å². The smallest absolute Gasteiger partial charge is 0.122 e. The van der Waals surface area contributed by atoms with E-state index in [1.807, 2.05) is 13.8 Å². The summed E-state index contributed by atoms with van der Waals surface area (Å²) in [6.45, 7) is 3.86. The van der Waals surface area contributed by atoms with Crippen LogP contribution >= 0.6 is 0 Å². The number of aromatic amines is 1. The summed E-state index contributed by atoms with van der Waals surface area (Å²) in [5.74, 6) is 0.854. The summed E-state index contributed by atoms with van der Waals surface area (Å²) in [4.78, 5) is 7.07. The van der Waals surface area contributed by atoms with Crippen molar-refractivity contribution in [3.63, 3.8) is 0 Å². The minimum absolute atomic E-state index is 0.0127. The largest absolute Gasteiger partial charge is 0.345 e. The summed E-state index contributed by atoms with van der Waals surface area (Å²) < 4.78 is 0. The number of nitrogens with zero attached hydrogens (tertiary/aromatic N) is 1. The van der Waals surface area contributed by atoms with E-state index in [0.29, 0.717) is 0 Å². The Balaban J connectivity index is 2.85. The fourth-order valence-corrected chi connectivity index (χ4v) is 0.664. The average molecular weight is 125 g/mol. The van der Waals surface area contributed by atoms with Crippen molar-refractivity contribution in [1.82, 2.24) is 9.97 Å². The van der Waals surface area contributed by atoms with Crippen LogP contribution in [0.3, 0.4) is 0 Å². The van der Waals surface area contributed by atoms with Crippen molar-refractivity contribution in [3.8, 4) is 0 Å². The molecule has 0 aliphatic rings. The van der Waals surface area contributed by atoms with Gasteiger partial charge in [0.1, 0.15) is 5.82 Å². The standard InChI is InChI=1S/C6H11N3/c1-4-3-8-6(9-4)5(2)7/h3,5H,7H2,1-2H3,(H,8,9)/t5-/m1/s1. The van der Waals surface area contributed by atoms with Gasteiger partial charge >= 0.3 is 0 Å². The molecule has 0 amide bonds. The van der Waals surface area contributed by atoms with E-state index in [4.69, 9.17) is 5.73 Å². The molecule has 0 unspecified atom stereocenters. The van der Waals surface area contributed by atoms with Crippen molar-refractivity contribution >= 4 is 0 Å². The second-order valence-corrected chi connectivity index (χ2v) is 2.24. The predicted molar refractivity (Wildman–Crippen MR) is 35.9 cm³/mol. The summed E-state index contributed by atoms with van der Waals surface area (Å²) in [5, 5.41) is 0. The van der Waals surface area contributed by atoms with Crippen LogP contribution in [0.4, 0.5) is 0 Å². The number of aromatic nitrogens is 2. The first-order valence-corrected chi connectivity index (χ1v) is 2.97. The number of nitrogens with two attached hydrogens (primary N) is 1. The Morgan fingerprint density at radius 2 is 2.44 bits per heavy atom. The van der Waals surface area contributed by atoms with Gasteiger partial charge in [-0.15, -0.1) is 0 Å². The van der Waals surface area contributed by atoms with Crippen LogP contribution in [0.2, 0.25) is 0 Å². The molecule has 0 spiro atoms. The van der Waals surface area contributed by atoms with Crippen LogP contribution in [0.1, 0.15) is 24.5 Å². The van der Waals surface area contributed by atoms with Crippen molar-refractivity contribution in [1.29, 1.82) is 0 Å². The first-order valence-electron chi connectivity index (χ1n) is 2.97. The summed E-state index contributed by atoms with van der Waals surface area (Å²) >= 11 is 0. The zero-order chi connectivity index (χ0) is 6.85. The van der Waals surface area contributed by atoms with Crippen LogP contribution in [0.15, 0.2) is 6.20 Å². The fraction of sp³-hybridized carbons (Fsp3) is 0.500. The second kappa shape index (κ2) is 2.19. The van der Waals surface area contributed by atoms with Crippen LogP contribution < -0.4 is 5.73 Å². The van der Waals surface area contributed by atoms with E-state index in [2.05, 4.69) is 9.97 Å². The number of hydrogen-bond donors (Lipinski definition) is 2. The van der Waals surface area contributed by atoms with Crippen molar-refractivity contribution < 1.29 is 0 Å². The molecule has 1 atom stereocenters. The van der Waals surface area contributed by atoms with Gasteiger partial charge in [-0.05, 0) is 13.8 Å². The highest BCUT2D eigenvalue weighted by molar-refractivity contribution is 5.00. The molecule has 3 N–H and O–H groups in total. The predicted octanol–water partition coefficient (Wildman–Crippen LogP) is 0.738. The van der Waals surface area contributed by atoms with E-state index in [1.54, 1.807) is 6.20 Å². The first kappa shape index (κ1) is 6.29. The lowest BCUT2D eigenvalue weighted by molar-refractivity contribution is 0.754. The number of aryl methyl sites for hydroxylation is 1. The highest BCUT2D eigenvalue weighted by atomic mass is 14.9. The highest BCUT2D eigenvalue weighted by Gasteiger charge is 2.00. The van der Waals surface area contributed by atoms with Crippen LogP contribution in [0, 0.1) is 6.92 Å². The van der Waals surface area contributed by atoms with Crippen LogP contribution in [0.5, 0.6) is 0 Å². The maximum absolute atomic E-state index is 5.53. The maximum atomic E-state index is 5.53. The Morgan fingerprint density at radius 3 is 2.67 bits per heavy atom. The van der Waals surface area contributed by atoms with E-state index in [1.165, 1.54) is 0 Å². The Bertz CT molecular complexity index is 190. The second-order valence-electron chi connectivity index (χ2n) is 2.24. The molecule has 3 heteroatoms. The molecular weight excluding hydrogens is 114 g/mol. The Labute approximate surface area is 54.3 Å². The van der Waals surface area contributed by atoms with Crippen LogP contribution in [-0.2, 0) is 0 Å². The quantitative estimate of drug-likeness (QED) is 0.581. The first-order chi connectivity index (χ1) is 4.20. The van der Waals surface area contributed by atoms with Gasteiger partial charge in [0, 0.05) is 11.9 Å². The fourth-order valence-electron chi connectivity index (χ4n) is 0.664. The molecule has 1 aromatic heterocycles. The molecule has 50 valence electrons.